The lowest BCUT2D eigenvalue weighted by Crippen LogP contribution is -2.48. The molecule has 1 aliphatic rings. The third kappa shape index (κ3) is 5.35. The monoisotopic (exact) mass is 532 g/mol. The molecule has 1 heterocycles. The number of hydrogen-bond donors (Lipinski definition) is 3. The second kappa shape index (κ2) is 10.3. The fraction of sp³-hybridized carbons (Fsp3) is 0.520. The van der Waals surface area contributed by atoms with Crippen LogP contribution in [0.25, 0.3) is 0 Å². The van der Waals surface area contributed by atoms with Crippen LogP contribution in [0, 0.1) is 23.2 Å². The molecule has 1 saturated carbocycles. The summed E-state index contributed by atoms with van der Waals surface area (Å²) in [5.74, 6) is -0.398. The minimum atomic E-state index is -1.21. The Morgan fingerprint density at radius 1 is 1.24 bits per heavy atom. The summed E-state index contributed by atoms with van der Waals surface area (Å²) in [6, 6.07) is 7.37. The Hall–Kier alpha value is -2.68. The zero-order chi connectivity index (χ0) is 25.2. The molecule has 2 aromatic rings. The van der Waals surface area contributed by atoms with Crippen LogP contribution in [0.3, 0.4) is 0 Å². The molecule has 34 heavy (non-hydrogen) atoms. The Morgan fingerprint density at radius 2 is 1.88 bits per heavy atom. The SMILES string of the molecule is C[C@@H]1[C@@H](C)C(C)(C)[C@@H](C)C[C@H]1Nc1cnn(CC(=O)NC(C(=O)O)c2ccccc2)c(=O)c1Br. The van der Waals surface area contributed by atoms with E-state index in [1.54, 1.807) is 30.3 Å². The van der Waals surface area contributed by atoms with Crippen molar-refractivity contribution >= 4 is 33.5 Å². The van der Waals surface area contributed by atoms with Crippen molar-refractivity contribution in [2.75, 3.05) is 5.32 Å². The number of hydrogen-bond acceptors (Lipinski definition) is 5. The molecule has 0 bridgehead atoms. The summed E-state index contributed by atoms with van der Waals surface area (Å²) in [6.45, 7) is 11.0. The summed E-state index contributed by atoms with van der Waals surface area (Å²) in [5.41, 5.74) is 0.803. The highest BCUT2D eigenvalue weighted by Gasteiger charge is 2.43. The van der Waals surface area contributed by atoms with Gasteiger partial charge in [0, 0.05) is 6.04 Å². The number of anilines is 1. The summed E-state index contributed by atoms with van der Waals surface area (Å²) in [6.07, 6.45) is 2.51. The molecule has 1 fully saturated rings. The maximum Gasteiger partial charge on any atom is 0.330 e. The Morgan fingerprint density at radius 3 is 2.50 bits per heavy atom. The Bertz CT molecular complexity index is 1100. The molecular formula is C25H33BrN4O4. The van der Waals surface area contributed by atoms with Crippen LogP contribution in [-0.4, -0.2) is 32.8 Å². The summed E-state index contributed by atoms with van der Waals surface area (Å²) in [7, 11) is 0. The molecule has 0 saturated heterocycles. The van der Waals surface area contributed by atoms with Crippen molar-refractivity contribution in [2.24, 2.45) is 23.2 Å². The third-order valence-electron chi connectivity index (χ3n) is 7.78. The maximum atomic E-state index is 12.9. The van der Waals surface area contributed by atoms with Gasteiger partial charge in [-0.25, -0.2) is 9.48 Å². The fourth-order valence-corrected chi connectivity index (χ4v) is 5.14. The minimum absolute atomic E-state index is 0.192. The van der Waals surface area contributed by atoms with Crippen molar-refractivity contribution < 1.29 is 14.7 Å². The first-order chi connectivity index (χ1) is 15.9. The van der Waals surface area contributed by atoms with Crippen molar-refractivity contribution in [3.8, 4) is 0 Å². The smallest absolute Gasteiger partial charge is 0.330 e. The Kier molecular flexibility index (Phi) is 7.85. The third-order valence-corrected chi connectivity index (χ3v) is 8.55. The number of carbonyl (C=O) groups excluding carboxylic acids is 1. The van der Waals surface area contributed by atoms with Crippen LogP contribution in [0.4, 0.5) is 5.69 Å². The maximum absolute atomic E-state index is 12.9. The van der Waals surface area contributed by atoms with Gasteiger partial charge in [0.1, 0.15) is 11.0 Å². The number of nitrogens with zero attached hydrogens (tertiary/aromatic N) is 2. The second-order valence-electron chi connectivity index (χ2n) is 9.94. The van der Waals surface area contributed by atoms with E-state index < -0.39 is 30.0 Å². The van der Waals surface area contributed by atoms with E-state index in [-0.39, 0.29) is 11.5 Å². The summed E-state index contributed by atoms with van der Waals surface area (Å²) in [4.78, 5) is 37.1. The van der Waals surface area contributed by atoms with Gasteiger partial charge in [-0.3, -0.25) is 9.59 Å². The number of rotatable bonds is 7. The van der Waals surface area contributed by atoms with Gasteiger partial charge in [-0.1, -0.05) is 65.0 Å². The van der Waals surface area contributed by atoms with Crippen LogP contribution in [0.5, 0.6) is 0 Å². The molecule has 3 rings (SSSR count). The number of aromatic nitrogens is 2. The molecule has 1 aromatic heterocycles. The van der Waals surface area contributed by atoms with Crippen molar-refractivity contribution in [1.29, 1.82) is 0 Å². The lowest BCUT2D eigenvalue weighted by Gasteiger charge is -2.50. The van der Waals surface area contributed by atoms with Crippen LogP contribution in [-0.2, 0) is 16.1 Å². The van der Waals surface area contributed by atoms with Crippen LogP contribution in [0.1, 0.15) is 52.6 Å². The molecule has 1 amide bonds. The van der Waals surface area contributed by atoms with Crippen LogP contribution >= 0.6 is 15.9 Å². The zero-order valence-electron chi connectivity index (χ0n) is 20.2. The van der Waals surface area contributed by atoms with Gasteiger partial charge in [0.15, 0.2) is 6.04 Å². The normalized spacial score (nSPS) is 24.8. The number of halogens is 1. The molecule has 1 aliphatic carbocycles. The first-order valence-electron chi connectivity index (χ1n) is 11.5. The van der Waals surface area contributed by atoms with Gasteiger partial charge < -0.3 is 15.7 Å². The Labute approximate surface area is 208 Å². The molecule has 8 nitrogen and oxygen atoms in total. The first kappa shape index (κ1) is 25.9. The van der Waals surface area contributed by atoms with E-state index in [0.717, 1.165) is 11.1 Å². The highest BCUT2D eigenvalue weighted by molar-refractivity contribution is 9.10. The first-order valence-corrected chi connectivity index (χ1v) is 12.3. The number of aliphatic carboxylic acids is 1. The van der Waals surface area contributed by atoms with E-state index in [2.05, 4.69) is 66.3 Å². The molecule has 0 spiro atoms. The van der Waals surface area contributed by atoms with Crippen molar-refractivity contribution in [1.82, 2.24) is 15.1 Å². The fourth-order valence-electron chi connectivity index (χ4n) is 4.72. The van der Waals surface area contributed by atoms with Crippen molar-refractivity contribution in [3.05, 3.63) is 56.9 Å². The molecule has 3 N–H and O–H groups in total. The van der Waals surface area contributed by atoms with E-state index in [1.165, 1.54) is 6.20 Å². The van der Waals surface area contributed by atoms with Gasteiger partial charge in [0.2, 0.25) is 5.91 Å². The van der Waals surface area contributed by atoms with Gasteiger partial charge in [0.05, 0.1) is 11.9 Å². The van der Waals surface area contributed by atoms with Gasteiger partial charge in [-0.15, -0.1) is 0 Å². The molecule has 1 unspecified atom stereocenters. The number of amides is 1. The average molecular weight is 533 g/mol. The molecule has 9 heteroatoms. The van der Waals surface area contributed by atoms with Crippen LogP contribution in [0.15, 0.2) is 45.8 Å². The summed E-state index contributed by atoms with van der Waals surface area (Å²) < 4.78 is 1.32. The molecule has 5 atom stereocenters. The molecular weight excluding hydrogens is 500 g/mol. The van der Waals surface area contributed by atoms with Crippen molar-refractivity contribution in [3.63, 3.8) is 0 Å². The van der Waals surface area contributed by atoms with E-state index in [9.17, 15) is 19.5 Å². The van der Waals surface area contributed by atoms with E-state index in [4.69, 9.17) is 0 Å². The average Bonchev–Trinajstić information content (AvgIpc) is 2.80. The van der Waals surface area contributed by atoms with Crippen molar-refractivity contribution in [2.45, 2.75) is 59.7 Å². The van der Waals surface area contributed by atoms with Gasteiger partial charge in [-0.05, 0) is 51.1 Å². The van der Waals surface area contributed by atoms with Crippen LogP contribution < -0.4 is 16.2 Å². The number of nitrogens with one attached hydrogen (secondary N) is 2. The number of benzene rings is 1. The quantitative estimate of drug-likeness (QED) is 0.495. The number of carboxylic acid groups (broad SMARTS) is 1. The highest BCUT2D eigenvalue weighted by Crippen LogP contribution is 2.48. The predicted octanol–water partition coefficient (Wildman–Crippen LogP) is 4.07. The second-order valence-corrected chi connectivity index (χ2v) is 10.7. The van der Waals surface area contributed by atoms with Gasteiger partial charge >= 0.3 is 5.97 Å². The molecule has 0 radical (unpaired) electrons. The van der Waals surface area contributed by atoms with Gasteiger partial charge in [0.25, 0.3) is 5.56 Å². The zero-order valence-corrected chi connectivity index (χ0v) is 21.8. The topological polar surface area (TPSA) is 113 Å². The lowest BCUT2D eigenvalue weighted by atomic mass is 9.58. The van der Waals surface area contributed by atoms with E-state index >= 15 is 0 Å². The lowest BCUT2D eigenvalue weighted by molar-refractivity contribution is -0.142. The highest BCUT2D eigenvalue weighted by atomic mass is 79.9. The number of carboxylic acids is 1. The number of carbonyl (C=O) groups is 2. The summed E-state index contributed by atoms with van der Waals surface area (Å²) in [5, 5.41) is 19.6. The standard InChI is InChI=1S/C25H33BrN4O4/c1-14-11-18(15(2)16(3)25(14,4)5)28-19-12-27-30(23(32)21(19)26)13-20(31)29-22(24(33)34)17-9-7-6-8-10-17/h6-10,12,14-16,18,22,28H,11,13H2,1-5H3,(H,29,31)(H,33,34)/t14-,15+,16+,18+,22?/m0/s1. The summed E-state index contributed by atoms with van der Waals surface area (Å²) >= 11 is 3.37. The Balaban J connectivity index is 1.73. The molecule has 1 aromatic carbocycles. The van der Waals surface area contributed by atoms with E-state index in [1.807, 2.05) is 0 Å². The molecule has 0 aliphatic heterocycles. The van der Waals surface area contributed by atoms with E-state index in [0.29, 0.717) is 33.5 Å². The minimum Gasteiger partial charge on any atom is -0.479 e. The molecule has 184 valence electrons. The predicted molar refractivity (Wildman–Crippen MR) is 134 cm³/mol. The largest absolute Gasteiger partial charge is 0.479 e. The van der Waals surface area contributed by atoms with Gasteiger partial charge in [-0.2, -0.15) is 5.10 Å². The van der Waals surface area contributed by atoms with Crippen LogP contribution in [0.2, 0.25) is 0 Å².